The number of aryl methyl sites for hydroxylation is 3. The summed E-state index contributed by atoms with van der Waals surface area (Å²) < 4.78 is 2.23. The molecule has 0 saturated heterocycles. The fourth-order valence-electron chi connectivity index (χ4n) is 2.08. The van der Waals surface area contributed by atoms with Crippen LogP contribution in [-0.2, 0) is 13.0 Å². The van der Waals surface area contributed by atoms with Gasteiger partial charge in [-0.05, 0) is 37.9 Å². The standard InChI is InChI=1S/C13H20N4/c1-3-12-16-11-8-10(2)9-15-13(11)17(12)7-5-4-6-14/h8-9H,3-7,14H2,1-2H3. The van der Waals surface area contributed by atoms with Gasteiger partial charge in [0.15, 0.2) is 5.65 Å². The summed E-state index contributed by atoms with van der Waals surface area (Å²) in [5.74, 6) is 1.12. The Hall–Kier alpha value is -1.42. The third kappa shape index (κ3) is 2.47. The van der Waals surface area contributed by atoms with Crippen molar-refractivity contribution in [3.8, 4) is 0 Å². The van der Waals surface area contributed by atoms with Crippen molar-refractivity contribution in [2.45, 2.75) is 39.7 Å². The van der Waals surface area contributed by atoms with Crippen LogP contribution in [0.4, 0.5) is 0 Å². The lowest BCUT2D eigenvalue weighted by molar-refractivity contribution is 0.602. The fraction of sp³-hybridized carbons (Fsp3) is 0.538. The molecule has 0 radical (unpaired) electrons. The molecule has 0 amide bonds. The van der Waals surface area contributed by atoms with Gasteiger partial charge in [-0.15, -0.1) is 0 Å². The Morgan fingerprint density at radius 1 is 1.35 bits per heavy atom. The maximum Gasteiger partial charge on any atom is 0.160 e. The lowest BCUT2D eigenvalue weighted by atomic mass is 10.3. The second-order valence-electron chi connectivity index (χ2n) is 4.38. The highest BCUT2D eigenvalue weighted by Crippen LogP contribution is 2.16. The van der Waals surface area contributed by atoms with E-state index in [9.17, 15) is 0 Å². The highest BCUT2D eigenvalue weighted by Gasteiger charge is 2.09. The minimum absolute atomic E-state index is 0.751. The first-order chi connectivity index (χ1) is 8.26. The van der Waals surface area contributed by atoms with Gasteiger partial charge in [0.1, 0.15) is 11.3 Å². The maximum absolute atomic E-state index is 5.53. The number of nitrogens with two attached hydrogens (primary N) is 1. The average molecular weight is 232 g/mol. The molecule has 0 aliphatic carbocycles. The van der Waals surface area contributed by atoms with Gasteiger partial charge in [0, 0.05) is 19.2 Å². The molecule has 2 aromatic rings. The summed E-state index contributed by atoms with van der Waals surface area (Å²) in [7, 11) is 0. The molecular weight excluding hydrogens is 212 g/mol. The Labute approximate surface area is 102 Å². The molecule has 0 aliphatic heterocycles. The van der Waals surface area contributed by atoms with E-state index in [1.54, 1.807) is 0 Å². The number of hydrogen-bond donors (Lipinski definition) is 1. The fourth-order valence-corrected chi connectivity index (χ4v) is 2.08. The molecule has 0 bridgehead atoms. The molecule has 0 unspecified atom stereocenters. The lowest BCUT2D eigenvalue weighted by Crippen LogP contribution is -2.06. The quantitative estimate of drug-likeness (QED) is 0.803. The third-order valence-corrected chi connectivity index (χ3v) is 2.95. The molecule has 2 N–H and O–H groups in total. The van der Waals surface area contributed by atoms with Crippen molar-refractivity contribution in [3.05, 3.63) is 23.7 Å². The number of hydrogen-bond acceptors (Lipinski definition) is 3. The van der Waals surface area contributed by atoms with E-state index in [1.165, 1.54) is 0 Å². The van der Waals surface area contributed by atoms with Crippen molar-refractivity contribution in [3.63, 3.8) is 0 Å². The zero-order valence-electron chi connectivity index (χ0n) is 10.6. The molecule has 92 valence electrons. The number of fused-ring (bicyclic) bond motifs is 1. The van der Waals surface area contributed by atoms with Gasteiger partial charge in [0.05, 0.1) is 0 Å². The summed E-state index contributed by atoms with van der Waals surface area (Å²) in [6, 6.07) is 2.10. The summed E-state index contributed by atoms with van der Waals surface area (Å²) in [4.78, 5) is 9.14. The highest BCUT2D eigenvalue weighted by molar-refractivity contribution is 5.72. The maximum atomic E-state index is 5.53. The summed E-state index contributed by atoms with van der Waals surface area (Å²) in [6.07, 6.45) is 4.99. The van der Waals surface area contributed by atoms with Gasteiger partial charge < -0.3 is 10.3 Å². The molecular formula is C13H20N4. The highest BCUT2D eigenvalue weighted by atomic mass is 15.1. The number of rotatable bonds is 5. The smallest absolute Gasteiger partial charge is 0.160 e. The van der Waals surface area contributed by atoms with Crippen LogP contribution >= 0.6 is 0 Å². The number of pyridine rings is 1. The normalized spacial score (nSPS) is 11.2. The lowest BCUT2D eigenvalue weighted by Gasteiger charge is -2.06. The summed E-state index contributed by atoms with van der Waals surface area (Å²) in [6.45, 7) is 5.90. The van der Waals surface area contributed by atoms with Crippen LogP contribution < -0.4 is 5.73 Å². The van der Waals surface area contributed by atoms with Gasteiger partial charge in [-0.3, -0.25) is 0 Å². The first-order valence-electron chi connectivity index (χ1n) is 6.28. The summed E-state index contributed by atoms with van der Waals surface area (Å²) in [5, 5.41) is 0. The predicted octanol–water partition coefficient (Wildman–Crippen LogP) is 2.04. The van der Waals surface area contributed by atoms with Crippen LogP contribution in [0.3, 0.4) is 0 Å². The molecule has 2 aromatic heterocycles. The van der Waals surface area contributed by atoms with Crippen LogP contribution in [0.5, 0.6) is 0 Å². The van der Waals surface area contributed by atoms with Gasteiger partial charge in [-0.2, -0.15) is 0 Å². The van der Waals surface area contributed by atoms with Gasteiger partial charge in [0.25, 0.3) is 0 Å². The molecule has 0 aliphatic rings. The number of imidazole rings is 1. The number of unbranched alkanes of at least 4 members (excludes halogenated alkanes) is 1. The molecule has 0 saturated carbocycles. The Morgan fingerprint density at radius 2 is 2.18 bits per heavy atom. The number of nitrogens with zero attached hydrogens (tertiary/aromatic N) is 3. The van der Waals surface area contributed by atoms with Crippen LogP contribution in [0.15, 0.2) is 12.3 Å². The minimum Gasteiger partial charge on any atom is -0.330 e. The Kier molecular flexibility index (Phi) is 3.74. The second kappa shape index (κ2) is 5.27. The van der Waals surface area contributed by atoms with Gasteiger partial charge in [0.2, 0.25) is 0 Å². The molecule has 0 spiro atoms. The van der Waals surface area contributed by atoms with Gasteiger partial charge >= 0.3 is 0 Å². The van der Waals surface area contributed by atoms with Gasteiger partial charge in [-0.1, -0.05) is 6.92 Å². The molecule has 4 heteroatoms. The molecule has 4 nitrogen and oxygen atoms in total. The van der Waals surface area contributed by atoms with Crippen LogP contribution in [0.2, 0.25) is 0 Å². The van der Waals surface area contributed by atoms with E-state index in [2.05, 4.69) is 27.5 Å². The molecule has 2 rings (SSSR count). The molecule has 0 aromatic carbocycles. The van der Waals surface area contributed by atoms with E-state index in [-0.39, 0.29) is 0 Å². The Bertz CT molecular complexity index is 501. The molecule has 2 heterocycles. The zero-order valence-corrected chi connectivity index (χ0v) is 10.6. The average Bonchev–Trinajstić information content (AvgIpc) is 2.67. The van der Waals surface area contributed by atoms with Crippen molar-refractivity contribution >= 4 is 11.2 Å². The van der Waals surface area contributed by atoms with Crippen LogP contribution in [0.1, 0.15) is 31.2 Å². The monoisotopic (exact) mass is 232 g/mol. The van der Waals surface area contributed by atoms with Crippen molar-refractivity contribution < 1.29 is 0 Å². The van der Waals surface area contributed by atoms with Crippen LogP contribution in [-0.4, -0.2) is 21.1 Å². The van der Waals surface area contributed by atoms with E-state index in [0.717, 1.165) is 54.9 Å². The minimum atomic E-state index is 0.751. The first kappa shape index (κ1) is 12.0. The topological polar surface area (TPSA) is 56.7 Å². The van der Waals surface area contributed by atoms with Crippen molar-refractivity contribution in [2.75, 3.05) is 6.54 Å². The first-order valence-corrected chi connectivity index (χ1v) is 6.28. The van der Waals surface area contributed by atoms with E-state index in [0.29, 0.717) is 0 Å². The van der Waals surface area contributed by atoms with E-state index >= 15 is 0 Å². The SMILES string of the molecule is CCc1nc2cc(C)cnc2n1CCCCN. The Balaban J connectivity index is 2.36. The predicted molar refractivity (Wildman–Crippen MR) is 69.9 cm³/mol. The van der Waals surface area contributed by atoms with Gasteiger partial charge in [-0.25, -0.2) is 9.97 Å². The molecule has 0 fully saturated rings. The van der Waals surface area contributed by atoms with Crippen LogP contribution in [0, 0.1) is 6.92 Å². The van der Waals surface area contributed by atoms with Crippen molar-refractivity contribution in [2.24, 2.45) is 5.73 Å². The van der Waals surface area contributed by atoms with E-state index in [4.69, 9.17) is 5.73 Å². The summed E-state index contributed by atoms with van der Waals surface area (Å²) in [5.41, 5.74) is 8.70. The largest absolute Gasteiger partial charge is 0.330 e. The van der Waals surface area contributed by atoms with E-state index in [1.807, 2.05) is 13.1 Å². The number of aromatic nitrogens is 3. The van der Waals surface area contributed by atoms with Crippen molar-refractivity contribution in [1.29, 1.82) is 0 Å². The Morgan fingerprint density at radius 3 is 2.88 bits per heavy atom. The zero-order chi connectivity index (χ0) is 12.3. The second-order valence-corrected chi connectivity index (χ2v) is 4.38. The van der Waals surface area contributed by atoms with Crippen molar-refractivity contribution in [1.82, 2.24) is 14.5 Å². The van der Waals surface area contributed by atoms with E-state index < -0.39 is 0 Å². The summed E-state index contributed by atoms with van der Waals surface area (Å²) >= 11 is 0. The molecule has 0 atom stereocenters. The van der Waals surface area contributed by atoms with Crippen LogP contribution in [0.25, 0.3) is 11.2 Å². The molecule has 17 heavy (non-hydrogen) atoms. The third-order valence-electron chi connectivity index (χ3n) is 2.95.